The Kier molecular flexibility index (Phi) is 5.48. The number of halogens is 1. The lowest BCUT2D eigenvalue weighted by Crippen LogP contribution is -2.37. The molecule has 0 radical (unpaired) electrons. The van der Waals surface area contributed by atoms with Crippen molar-refractivity contribution in [2.45, 2.75) is 31.3 Å². The number of rotatable bonds is 3. The number of hydrogen-bond donors (Lipinski definition) is 1. The predicted octanol–water partition coefficient (Wildman–Crippen LogP) is 4.24. The summed E-state index contributed by atoms with van der Waals surface area (Å²) < 4.78 is 7.47. The Morgan fingerprint density at radius 2 is 1.71 bits per heavy atom. The highest BCUT2D eigenvalue weighted by atomic mass is 35.5. The monoisotopic (exact) mass is 475 g/mol. The summed E-state index contributed by atoms with van der Waals surface area (Å²) in [6, 6.07) is 11.5. The van der Waals surface area contributed by atoms with Gasteiger partial charge in [0.15, 0.2) is 0 Å². The van der Waals surface area contributed by atoms with Crippen LogP contribution in [0.1, 0.15) is 36.2 Å². The van der Waals surface area contributed by atoms with Crippen LogP contribution in [0.5, 0.6) is 0 Å². The molecule has 4 aromatic rings. The van der Waals surface area contributed by atoms with Gasteiger partial charge in [-0.15, -0.1) is 0 Å². The van der Waals surface area contributed by atoms with Crippen molar-refractivity contribution in [2.24, 2.45) is 0 Å². The maximum atomic E-state index is 12.1. The van der Waals surface area contributed by atoms with Crippen molar-refractivity contribution < 1.29 is 9.84 Å². The molecule has 0 spiro atoms. The minimum Gasteiger partial charge on any atom is -0.379 e. The van der Waals surface area contributed by atoms with E-state index in [-0.39, 0.29) is 0 Å². The van der Waals surface area contributed by atoms with Gasteiger partial charge in [0.1, 0.15) is 11.2 Å². The van der Waals surface area contributed by atoms with Crippen molar-refractivity contribution in [2.75, 3.05) is 31.2 Å². The quantitative estimate of drug-likeness (QED) is 0.446. The van der Waals surface area contributed by atoms with Crippen LogP contribution < -0.4 is 4.90 Å². The molecular formula is C26H26ClN5O2. The first-order valence-electron chi connectivity index (χ1n) is 11.8. The zero-order valence-electron chi connectivity index (χ0n) is 18.8. The summed E-state index contributed by atoms with van der Waals surface area (Å²) in [5.41, 5.74) is 4.22. The third-order valence-corrected chi connectivity index (χ3v) is 7.12. The minimum absolute atomic E-state index is 0.636. The molecule has 3 aromatic heterocycles. The second-order valence-corrected chi connectivity index (χ2v) is 9.43. The maximum Gasteiger partial charge on any atom is 0.225 e. The van der Waals surface area contributed by atoms with Crippen molar-refractivity contribution in [3.05, 3.63) is 77.0 Å². The highest BCUT2D eigenvalue weighted by Gasteiger charge is 2.38. The Bertz CT molecular complexity index is 1320. The van der Waals surface area contributed by atoms with E-state index in [1.807, 2.05) is 59.4 Å². The van der Waals surface area contributed by atoms with Crippen LogP contribution >= 0.6 is 11.6 Å². The topological polar surface area (TPSA) is 75.8 Å². The number of fused-ring (bicyclic) bond motifs is 3. The Morgan fingerprint density at radius 1 is 0.941 bits per heavy atom. The van der Waals surface area contributed by atoms with Crippen LogP contribution in [0.25, 0.3) is 16.8 Å². The summed E-state index contributed by atoms with van der Waals surface area (Å²) in [6.45, 7) is 3.00. The molecule has 1 saturated heterocycles. The van der Waals surface area contributed by atoms with Crippen LogP contribution in [0.2, 0.25) is 5.02 Å². The fourth-order valence-corrected chi connectivity index (χ4v) is 5.20. The van der Waals surface area contributed by atoms with E-state index in [4.69, 9.17) is 21.3 Å². The predicted molar refractivity (Wildman–Crippen MR) is 131 cm³/mol. The number of aryl methyl sites for hydroxylation is 1. The van der Waals surface area contributed by atoms with E-state index in [0.29, 0.717) is 24.7 Å². The normalized spacial score (nSPS) is 20.8. The zero-order valence-corrected chi connectivity index (χ0v) is 19.6. The average Bonchev–Trinajstić information content (AvgIpc) is 3.17. The molecule has 7 nitrogen and oxygen atoms in total. The number of morpholine rings is 1. The molecular weight excluding hydrogens is 450 g/mol. The first-order chi connectivity index (χ1) is 16.6. The van der Waals surface area contributed by atoms with Crippen LogP contribution in [0.3, 0.4) is 0 Å². The summed E-state index contributed by atoms with van der Waals surface area (Å²) in [4.78, 5) is 16.2. The zero-order chi connectivity index (χ0) is 23.1. The molecule has 1 aliphatic heterocycles. The number of ether oxygens (including phenoxy) is 1. The lowest BCUT2D eigenvalue weighted by atomic mass is 9.86. The second-order valence-electron chi connectivity index (χ2n) is 9.00. The van der Waals surface area contributed by atoms with Crippen molar-refractivity contribution in [3.63, 3.8) is 0 Å². The van der Waals surface area contributed by atoms with E-state index in [1.54, 1.807) is 0 Å². The summed E-state index contributed by atoms with van der Waals surface area (Å²) in [5.74, 6) is 0.724. The van der Waals surface area contributed by atoms with Gasteiger partial charge in [-0.2, -0.15) is 0 Å². The molecule has 4 heterocycles. The van der Waals surface area contributed by atoms with Crippen LogP contribution in [-0.2, 0) is 16.8 Å². The van der Waals surface area contributed by atoms with E-state index in [2.05, 4.69) is 14.9 Å². The largest absolute Gasteiger partial charge is 0.379 e. The number of aliphatic hydroxyl groups is 1. The van der Waals surface area contributed by atoms with Gasteiger partial charge in [-0.25, -0.2) is 15.0 Å². The molecule has 1 aromatic carbocycles. The van der Waals surface area contributed by atoms with Crippen molar-refractivity contribution >= 4 is 23.2 Å². The van der Waals surface area contributed by atoms with Crippen molar-refractivity contribution in [1.82, 2.24) is 19.4 Å². The maximum absolute atomic E-state index is 12.1. The molecule has 2 aliphatic rings. The summed E-state index contributed by atoms with van der Waals surface area (Å²) >= 11 is 6.13. The first-order valence-corrected chi connectivity index (χ1v) is 12.1. The molecule has 1 unspecified atom stereocenters. The van der Waals surface area contributed by atoms with Gasteiger partial charge in [-0.05, 0) is 55.5 Å². The molecule has 1 N–H and O–H groups in total. The molecule has 6 rings (SSSR count). The molecule has 1 atom stereocenters. The van der Waals surface area contributed by atoms with Gasteiger partial charge in [-0.3, -0.25) is 4.40 Å². The van der Waals surface area contributed by atoms with E-state index >= 15 is 0 Å². The van der Waals surface area contributed by atoms with Crippen LogP contribution in [-0.4, -0.2) is 50.8 Å². The number of anilines is 1. The third kappa shape index (κ3) is 3.74. The summed E-state index contributed by atoms with van der Waals surface area (Å²) in [5, 5.41) is 12.7. The van der Waals surface area contributed by atoms with Crippen LogP contribution in [0, 0.1) is 0 Å². The summed E-state index contributed by atoms with van der Waals surface area (Å²) in [6.07, 6.45) is 9.17. The van der Waals surface area contributed by atoms with Crippen LogP contribution in [0.4, 0.5) is 5.95 Å². The highest BCUT2D eigenvalue weighted by molar-refractivity contribution is 6.30. The minimum atomic E-state index is -1.13. The molecule has 34 heavy (non-hydrogen) atoms. The SMILES string of the molecule is OC1(c2ccc(Cl)cc2)CCCCc2nc3ccc(-c4cnc(N5CCOCC5)nc4)cn3c21. The fourth-order valence-electron chi connectivity index (χ4n) is 5.07. The van der Waals surface area contributed by atoms with E-state index < -0.39 is 5.60 Å². The fraction of sp³-hybridized carbons (Fsp3) is 0.346. The van der Waals surface area contributed by atoms with E-state index in [1.165, 1.54) is 0 Å². The molecule has 8 heteroatoms. The van der Waals surface area contributed by atoms with Gasteiger partial charge in [0.2, 0.25) is 5.95 Å². The number of nitrogens with zero attached hydrogens (tertiary/aromatic N) is 5. The molecule has 0 amide bonds. The van der Waals surface area contributed by atoms with Gasteiger partial charge in [-0.1, -0.05) is 23.7 Å². The number of benzene rings is 1. The molecule has 0 bridgehead atoms. The number of pyridine rings is 1. The van der Waals surface area contributed by atoms with Crippen LogP contribution in [0.15, 0.2) is 55.0 Å². The standard InChI is InChI=1S/C26H26ClN5O2/c27-21-7-5-20(6-8-21)26(33)10-2-1-3-22-24(26)32-17-18(4-9-23(32)30-22)19-15-28-25(29-16-19)31-11-13-34-14-12-31/h4-9,15-17,33H,1-3,10-14H2. The van der Waals surface area contributed by atoms with Gasteiger partial charge >= 0.3 is 0 Å². The summed E-state index contributed by atoms with van der Waals surface area (Å²) in [7, 11) is 0. The number of aromatic nitrogens is 4. The van der Waals surface area contributed by atoms with Gasteiger partial charge in [0.25, 0.3) is 0 Å². The van der Waals surface area contributed by atoms with Crippen molar-refractivity contribution in [3.8, 4) is 11.1 Å². The second kappa shape index (κ2) is 8.65. The van der Waals surface area contributed by atoms with Gasteiger partial charge in [0.05, 0.1) is 24.6 Å². The van der Waals surface area contributed by atoms with Gasteiger partial charge in [0, 0.05) is 47.8 Å². The average molecular weight is 476 g/mol. The smallest absolute Gasteiger partial charge is 0.225 e. The molecule has 174 valence electrons. The first kappa shape index (κ1) is 21.5. The Hall–Kier alpha value is -3.00. The molecule has 1 fully saturated rings. The Balaban J connectivity index is 1.42. The number of hydrogen-bond acceptors (Lipinski definition) is 6. The lowest BCUT2D eigenvalue weighted by molar-refractivity contribution is 0.0651. The van der Waals surface area contributed by atoms with E-state index in [9.17, 15) is 5.11 Å². The highest BCUT2D eigenvalue weighted by Crippen LogP contribution is 2.40. The third-order valence-electron chi connectivity index (χ3n) is 6.87. The van der Waals surface area contributed by atoms with E-state index in [0.717, 1.165) is 72.0 Å². The Labute approximate surface area is 203 Å². The van der Waals surface area contributed by atoms with Crippen molar-refractivity contribution in [1.29, 1.82) is 0 Å². The molecule has 0 saturated carbocycles. The Morgan fingerprint density at radius 3 is 2.47 bits per heavy atom. The lowest BCUT2D eigenvalue weighted by Gasteiger charge is -2.28. The molecule has 1 aliphatic carbocycles. The number of imidazole rings is 1. The van der Waals surface area contributed by atoms with Gasteiger partial charge < -0.3 is 14.7 Å².